The lowest BCUT2D eigenvalue weighted by Gasteiger charge is -2.13. The molecule has 0 amide bonds. The molecule has 0 bridgehead atoms. The summed E-state index contributed by atoms with van der Waals surface area (Å²) in [5.41, 5.74) is 0.559. The molecular formula is C13H14F2N2O. The third kappa shape index (κ3) is 2.73. The second-order valence-corrected chi connectivity index (χ2v) is 3.98. The minimum Gasteiger partial charge on any atom is -0.380 e. The summed E-state index contributed by atoms with van der Waals surface area (Å²) in [6.45, 7) is 0.0500. The smallest absolute Gasteiger partial charge is 0.142 e. The van der Waals surface area contributed by atoms with Crippen LogP contribution in [0.5, 0.6) is 0 Å². The van der Waals surface area contributed by atoms with Gasteiger partial charge in [0, 0.05) is 18.9 Å². The monoisotopic (exact) mass is 252 g/mol. The van der Waals surface area contributed by atoms with Gasteiger partial charge in [0.25, 0.3) is 0 Å². The van der Waals surface area contributed by atoms with Crippen LogP contribution in [0.15, 0.2) is 36.7 Å². The predicted molar refractivity (Wildman–Crippen MR) is 63.3 cm³/mol. The number of rotatable bonds is 5. The van der Waals surface area contributed by atoms with E-state index in [-0.39, 0.29) is 5.82 Å². The lowest BCUT2D eigenvalue weighted by molar-refractivity contribution is 0.203. The van der Waals surface area contributed by atoms with E-state index < -0.39 is 12.8 Å². The van der Waals surface area contributed by atoms with Crippen LogP contribution in [0.1, 0.15) is 23.9 Å². The normalized spacial score (nSPS) is 12.6. The number of aryl methyl sites for hydroxylation is 1. The molecule has 0 radical (unpaired) electrons. The minimum absolute atomic E-state index is 0.355. The Morgan fingerprint density at radius 1 is 1.28 bits per heavy atom. The van der Waals surface area contributed by atoms with E-state index in [4.69, 9.17) is 0 Å². The number of aliphatic hydroxyl groups excluding tert-OH is 1. The molecule has 0 fully saturated rings. The Morgan fingerprint density at radius 3 is 2.67 bits per heavy atom. The molecule has 1 aromatic carbocycles. The fraction of sp³-hybridized carbons (Fsp3) is 0.308. The van der Waals surface area contributed by atoms with Crippen LogP contribution >= 0.6 is 0 Å². The molecule has 0 aliphatic rings. The topological polar surface area (TPSA) is 38.1 Å². The van der Waals surface area contributed by atoms with E-state index in [1.807, 2.05) is 0 Å². The maximum Gasteiger partial charge on any atom is 0.142 e. The fourth-order valence-electron chi connectivity index (χ4n) is 1.78. The van der Waals surface area contributed by atoms with Gasteiger partial charge in [-0.25, -0.2) is 9.37 Å². The first kappa shape index (κ1) is 12.7. The number of aromatic nitrogens is 2. The second kappa shape index (κ2) is 5.73. The van der Waals surface area contributed by atoms with Gasteiger partial charge in [-0.15, -0.1) is 0 Å². The fourth-order valence-corrected chi connectivity index (χ4v) is 1.78. The molecule has 1 aromatic heterocycles. The molecule has 0 aliphatic carbocycles. The van der Waals surface area contributed by atoms with Crippen LogP contribution in [-0.4, -0.2) is 21.3 Å². The molecule has 1 N–H and O–H groups in total. The summed E-state index contributed by atoms with van der Waals surface area (Å²) in [5, 5.41) is 10.2. The van der Waals surface area contributed by atoms with Crippen LogP contribution in [0.4, 0.5) is 8.78 Å². The second-order valence-electron chi connectivity index (χ2n) is 3.98. The lowest BCUT2D eigenvalue weighted by atomic mass is 10.1. The SMILES string of the molecule is OC(c1ccc(F)cc1)c1nccn1CCCF. The highest BCUT2D eigenvalue weighted by molar-refractivity contribution is 5.23. The molecule has 2 aromatic rings. The van der Waals surface area contributed by atoms with Gasteiger partial charge in [-0.05, 0) is 24.1 Å². The number of alkyl halides is 1. The average Bonchev–Trinajstić information content (AvgIpc) is 2.84. The summed E-state index contributed by atoms with van der Waals surface area (Å²) in [6.07, 6.45) is 2.69. The van der Waals surface area contributed by atoms with Crippen LogP contribution in [0.3, 0.4) is 0 Å². The Bertz CT molecular complexity index is 496. The number of hydrogen-bond acceptors (Lipinski definition) is 2. The first-order valence-electron chi connectivity index (χ1n) is 5.73. The van der Waals surface area contributed by atoms with Gasteiger partial charge in [0.05, 0.1) is 6.67 Å². The van der Waals surface area contributed by atoms with E-state index in [0.29, 0.717) is 24.4 Å². The highest BCUT2D eigenvalue weighted by Crippen LogP contribution is 2.20. The summed E-state index contributed by atoms with van der Waals surface area (Å²) in [7, 11) is 0. The van der Waals surface area contributed by atoms with Gasteiger partial charge in [-0.3, -0.25) is 4.39 Å². The van der Waals surface area contributed by atoms with E-state index in [1.165, 1.54) is 24.3 Å². The molecule has 3 nitrogen and oxygen atoms in total. The van der Waals surface area contributed by atoms with Gasteiger partial charge in [-0.2, -0.15) is 0 Å². The van der Waals surface area contributed by atoms with Crippen molar-refractivity contribution >= 4 is 0 Å². The highest BCUT2D eigenvalue weighted by atomic mass is 19.1. The van der Waals surface area contributed by atoms with Crippen molar-refractivity contribution in [2.75, 3.05) is 6.67 Å². The van der Waals surface area contributed by atoms with E-state index in [0.717, 1.165) is 0 Å². The average molecular weight is 252 g/mol. The Morgan fingerprint density at radius 2 is 2.00 bits per heavy atom. The number of nitrogens with zero attached hydrogens (tertiary/aromatic N) is 2. The number of imidazole rings is 1. The molecule has 1 heterocycles. The Kier molecular flexibility index (Phi) is 4.04. The van der Waals surface area contributed by atoms with Gasteiger partial charge in [0.2, 0.25) is 0 Å². The van der Waals surface area contributed by atoms with Gasteiger partial charge < -0.3 is 9.67 Å². The molecule has 1 unspecified atom stereocenters. The first-order chi connectivity index (χ1) is 8.72. The number of hydrogen-bond donors (Lipinski definition) is 1. The highest BCUT2D eigenvalue weighted by Gasteiger charge is 2.15. The van der Waals surface area contributed by atoms with Crippen LogP contribution in [-0.2, 0) is 6.54 Å². The Balaban J connectivity index is 2.20. The Labute approximate surface area is 104 Å². The molecule has 18 heavy (non-hydrogen) atoms. The molecule has 0 aliphatic heterocycles. The largest absolute Gasteiger partial charge is 0.380 e. The minimum atomic E-state index is -0.930. The molecule has 5 heteroatoms. The quantitative estimate of drug-likeness (QED) is 0.887. The van der Waals surface area contributed by atoms with Gasteiger partial charge in [0.15, 0.2) is 0 Å². The van der Waals surface area contributed by atoms with Gasteiger partial charge >= 0.3 is 0 Å². The zero-order valence-corrected chi connectivity index (χ0v) is 9.76. The summed E-state index contributed by atoms with van der Waals surface area (Å²) in [4.78, 5) is 4.06. The molecule has 0 spiro atoms. The van der Waals surface area contributed by atoms with Crippen LogP contribution in [0, 0.1) is 5.82 Å². The number of benzene rings is 1. The van der Waals surface area contributed by atoms with E-state index in [9.17, 15) is 13.9 Å². The third-order valence-electron chi connectivity index (χ3n) is 2.71. The van der Waals surface area contributed by atoms with Crippen molar-refractivity contribution in [1.29, 1.82) is 0 Å². The number of aliphatic hydroxyl groups is 1. The van der Waals surface area contributed by atoms with Crippen molar-refractivity contribution in [1.82, 2.24) is 9.55 Å². The van der Waals surface area contributed by atoms with E-state index in [1.54, 1.807) is 17.0 Å². The van der Waals surface area contributed by atoms with Gasteiger partial charge in [0.1, 0.15) is 17.7 Å². The Hall–Kier alpha value is -1.75. The van der Waals surface area contributed by atoms with Crippen molar-refractivity contribution in [3.63, 3.8) is 0 Å². The molecule has 0 saturated heterocycles. The molecular weight excluding hydrogens is 238 g/mol. The lowest BCUT2D eigenvalue weighted by Crippen LogP contribution is -2.10. The molecule has 96 valence electrons. The summed E-state index contributed by atoms with van der Waals surface area (Å²) >= 11 is 0. The van der Waals surface area contributed by atoms with E-state index in [2.05, 4.69) is 4.98 Å². The van der Waals surface area contributed by atoms with Crippen molar-refractivity contribution in [3.05, 3.63) is 53.9 Å². The van der Waals surface area contributed by atoms with Crippen molar-refractivity contribution in [3.8, 4) is 0 Å². The molecule has 0 saturated carbocycles. The third-order valence-corrected chi connectivity index (χ3v) is 2.71. The summed E-state index contributed by atoms with van der Waals surface area (Å²) in [6, 6.07) is 5.59. The summed E-state index contributed by atoms with van der Waals surface area (Å²) < 4.78 is 26.6. The first-order valence-corrected chi connectivity index (χ1v) is 5.73. The maximum atomic E-state index is 12.8. The number of halogens is 2. The summed E-state index contributed by atoms with van der Waals surface area (Å²) in [5.74, 6) is 0.0850. The van der Waals surface area contributed by atoms with E-state index >= 15 is 0 Å². The zero-order chi connectivity index (χ0) is 13.0. The van der Waals surface area contributed by atoms with Crippen molar-refractivity contribution in [2.45, 2.75) is 19.1 Å². The van der Waals surface area contributed by atoms with Crippen LogP contribution in [0.25, 0.3) is 0 Å². The van der Waals surface area contributed by atoms with Crippen LogP contribution in [0.2, 0.25) is 0 Å². The van der Waals surface area contributed by atoms with Gasteiger partial charge in [-0.1, -0.05) is 12.1 Å². The van der Waals surface area contributed by atoms with Crippen molar-refractivity contribution in [2.24, 2.45) is 0 Å². The van der Waals surface area contributed by atoms with Crippen LogP contribution < -0.4 is 0 Å². The maximum absolute atomic E-state index is 12.8. The predicted octanol–water partition coefficient (Wildman–Crippen LogP) is 2.46. The zero-order valence-electron chi connectivity index (χ0n) is 9.76. The van der Waals surface area contributed by atoms with Crippen molar-refractivity contribution < 1.29 is 13.9 Å². The molecule has 2 rings (SSSR count). The molecule has 1 atom stereocenters. The standard InChI is InChI=1S/C13H14F2N2O/c14-6-1-8-17-9-7-16-13(17)12(18)10-2-4-11(15)5-3-10/h2-5,7,9,12,18H,1,6,8H2.